The highest BCUT2D eigenvalue weighted by Crippen LogP contribution is 2.38. The van der Waals surface area contributed by atoms with Crippen molar-refractivity contribution < 1.29 is 20.2 Å². The molecular weight excluding hydrogens is 252 g/mol. The minimum Gasteiger partial charge on any atom is -0.504 e. The first-order valence-corrected chi connectivity index (χ1v) is 5.93. The van der Waals surface area contributed by atoms with E-state index < -0.39 is 34.3 Å². The largest absolute Gasteiger partial charge is 0.504 e. The maximum absolute atomic E-state index is 10.7. The molecule has 1 aromatic rings. The van der Waals surface area contributed by atoms with Crippen molar-refractivity contribution in [1.29, 1.82) is 0 Å². The molecule has 0 saturated heterocycles. The van der Waals surface area contributed by atoms with Crippen LogP contribution in [0.25, 0.3) is 0 Å². The molecule has 1 unspecified atom stereocenters. The van der Waals surface area contributed by atoms with Crippen LogP contribution in [0.15, 0.2) is 12.1 Å². The van der Waals surface area contributed by atoms with Crippen LogP contribution in [0.2, 0.25) is 0 Å². The second kappa shape index (κ2) is 5.85. The molecule has 0 bridgehead atoms. The molecule has 1 aromatic carbocycles. The monoisotopic (exact) mass is 270 g/mol. The fraction of sp³-hybridized carbons (Fsp3) is 0.500. The first-order chi connectivity index (χ1) is 8.79. The molecule has 7 nitrogen and oxygen atoms in total. The zero-order valence-corrected chi connectivity index (χ0v) is 10.8. The number of nitro groups is 1. The van der Waals surface area contributed by atoms with Gasteiger partial charge in [0, 0.05) is 6.07 Å². The van der Waals surface area contributed by atoms with Gasteiger partial charge in [-0.1, -0.05) is 20.3 Å². The van der Waals surface area contributed by atoms with Crippen molar-refractivity contribution in [3.05, 3.63) is 27.8 Å². The summed E-state index contributed by atoms with van der Waals surface area (Å²) in [7, 11) is 0. The molecule has 19 heavy (non-hydrogen) atoms. The SMILES string of the molecule is CCC(C)[C@@H](O)[C@@H](N)c1cc(O)c(O)c([N+](=O)[O-])c1. The Morgan fingerprint density at radius 3 is 2.47 bits per heavy atom. The average molecular weight is 270 g/mol. The average Bonchev–Trinajstić information content (AvgIpc) is 2.38. The van der Waals surface area contributed by atoms with Crippen LogP contribution in [-0.2, 0) is 0 Å². The molecule has 0 amide bonds. The molecule has 0 saturated carbocycles. The Labute approximate surface area is 110 Å². The molecule has 0 heterocycles. The van der Waals surface area contributed by atoms with Gasteiger partial charge in [0.1, 0.15) is 0 Å². The number of phenols is 2. The third kappa shape index (κ3) is 3.12. The van der Waals surface area contributed by atoms with E-state index in [9.17, 15) is 25.4 Å². The molecule has 5 N–H and O–H groups in total. The van der Waals surface area contributed by atoms with E-state index in [1.165, 1.54) is 0 Å². The molecule has 0 fully saturated rings. The Hall–Kier alpha value is -1.86. The highest BCUT2D eigenvalue weighted by Gasteiger charge is 2.26. The van der Waals surface area contributed by atoms with E-state index in [1.807, 2.05) is 6.92 Å². The minimum absolute atomic E-state index is 0.0926. The second-order valence-electron chi connectivity index (χ2n) is 4.57. The lowest BCUT2D eigenvalue weighted by Crippen LogP contribution is -2.31. The van der Waals surface area contributed by atoms with Gasteiger partial charge in [0.05, 0.1) is 17.1 Å². The van der Waals surface area contributed by atoms with Crippen LogP contribution < -0.4 is 5.73 Å². The predicted octanol–water partition coefficient (Wildman–Crippen LogP) is 1.41. The summed E-state index contributed by atoms with van der Waals surface area (Å²) in [6, 6.07) is 1.31. The number of aliphatic hydroxyl groups is 1. The molecule has 0 radical (unpaired) electrons. The van der Waals surface area contributed by atoms with E-state index in [-0.39, 0.29) is 11.5 Å². The molecule has 0 aliphatic carbocycles. The summed E-state index contributed by atoms with van der Waals surface area (Å²) in [5.74, 6) is -1.53. The van der Waals surface area contributed by atoms with Gasteiger partial charge in [-0.2, -0.15) is 0 Å². The van der Waals surface area contributed by atoms with E-state index in [0.29, 0.717) is 6.42 Å². The number of hydrogen-bond donors (Lipinski definition) is 4. The first-order valence-electron chi connectivity index (χ1n) is 5.93. The van der Waals surface area contributed by atoms with Crippen LogP contribution in [0.5, 0.6) is 11.5 Å². The highest BCUT2D eigenvalue weighted by molar-refractivity contribution is 5.57. The number of nitro benzene ring substituents is 1. The molecule has 3 atom stereocenters. The van der Waals surface area contributed by atoms with Crippen LogP contribution in [0.3, 0.4) is 0 Å². The standard InChI is InChI=1S/C12H18N2O5/c1-3-6(2)11(16)10(13)7-4-8(14(18)19)12(17)9(15)5-7/h4-6,10-11,15-17H,3,13H2,1-2H3/t6?,10-,11+/m0/s1. The van der Waals surface area contributed by atoms with Crippen molar-refractivity contribution in [1.82, 2.24) is 0 Å². The van der Waals surface area contributed by atoms with Crippen LogP contribution in [0.1, 0.15) is 31.9 Å². The van der Waals surface area contributed by atoms with Gasteiger partial charge >= 0.3 is 5.69 Å². The lowest BCUT2D eigenvalue weighted by molar-refractivity contribution is -0.386. The van der Waals surface area contributed by atoms with Crippen molar-refractivity contribution in [2.45, 2.75) is 32.4 Å². The molecule has 0 aliphatic rings. The summed E-state index contributed by atoms with van der Waals surface area (Å²) in [4.78, 5) is 9.92. The topological polar surface area (TPSA) is 130 Å². The van der Waals surface area contributed by atoms with Gasteiger partial charge < -0.3 is 21.1 Å². The van der Waals surface area contributed by atoms with E-state index >= 15 is 0 Å². The molecule has 0 aliphatic heterocycles. The van der Waals surface area contributed by atoms with E-state index in [2.05, 4.69) is 0 Å². The van der Waals surface area contributed by atoms with Crippen molar-refractivity contribution in [3.63, 3.8) is 0 Å². The Bertz CT molecular complexity index is 477. The van der Waals surface area contributed by atoms with Crippen LogP contribution in [0, 0.1) is 16.0 Å². The van der Waals surface area contributed by atoms with Crippen LogP contribution in [0.4, 0.5) is 5.69 Å². The van der Waals surface area contributed by atoms with Crippen molar-refractivity contribution >= 4 is 5.69 Å². The zero-order valence-electron chi connectivity index (χ0n) is 10.8. The Kier molecular flexibility index (Phi) is 4.68. The van der Waals surface area contributed by atoms with E-state index in [4.69, 9.17) is 5.73 Å². The third-order valence-electron chi connectivity index (χ3n) is 3.27. The van der Waals surface area contributed by atoms with Gasteiger partial charge in [-0.05, 0) is 17.5 Å². The maximum atomic E-state index is 10.7. The Morgan fingerprint density at radius 1 is 1.42 bits per heavy atom. The number of nitrogens with two attached hydrogens (primary N) is 1. The van der Waals surface area contributed by atoms with Gasteiger partial charge in [0.15, 0.2) is 5.75 Å². The summed E-state index contributed by atoms with van der Waals surface area (Å²) in [6.45, 7) is 3.69. The Balaban J connectivity index is 3.17. The number of aliphatic hydroxyl groups excluding tert-OH is 1. The number of rotatable bonds is 5. The number of phenolic OH excluding ortho intramolecular Hbond substituents is 2. The molecule has 106 valence electrons. The predicted molar refractivity (Wildman–Crippen MR) is 68.8 cm³/mol. The van der Waals surface area contributed by atoms with Crippen LogP contribution in [-0.4, -0.2) is 26.3 Å². The number of aromatic hydroxyl groups is 2. The number of hydrogen-bond acceptors (Lipinski definition) is 6. The van der Waals surface area contributed by atoms with E-state index in [1.54, 1.807) is 6.92 Å². The van der Waals surface area contributed by atoms with Gasteiger partial charge in [0.2, 0.25) is 5.75 Å². The van der Waals surface area contributed by atoms with Gasteiger partial charge in [-0.25, -0.2) is 0 Å². The van der Waals surface area contributed by atoms with Gasteiger partial charge in [-0.3, -0.25) is 10.1 Å². The molecule has 7 heteroatoms. The van der Waals surface area contributed by atoms with Crippen molar-refractivity contribution in [3.8, 4) is 11.5 Å². The third-order valence-corrected chi connectivity index (χ3v) is 3.27. The second-order valence-corrected chi connectivity index (χ2v) is 4.57. The summed E-state index contributed by atoms with van der Waals surface area (Å²) in [6.07, 6.45) is -0.199. The molecular formula is C12H18N2O5. The van der Waals surface area contributed by atoms with Gasteiger partial charge in [-0.15, -0.1) is 0 Å². The lowest BCUT2D eigenvalue weighted by Gasteiger charge is -2.24. The van der Waals surface area contributed by atoms with Crippen molar-refractivity contribution in [2.24, 2.45) is 11.7 Å². The number of nitrogens with zero attached hydrogens (tertiary/aromatic N) is 1. The fourth-order valence-electron chi connectivity index (χ4n) is 1.75. The lowest BCUT2D eigenvalue weighted by atomic mass is 9.91. The fourth-order valence-corrected chi connectivity index (χ4v) is 1.75. The van der Waals surface area contributed by atoms with Crippen LogP contribution >= 0.6 is 0 Å². The first kappa shape index (κ1) is 15.2. The highest BCUT2D eigenvalue weighted by atomic mass is 16.6. The van der Waals surface area contributed by atoms with Gasteiger partial charge in [0.25, 0.3) is 0 Å². The molecule has 1 rings (SSSR count). The maximum Gasteiger partial charge on any atom is 0.314 e. The number of benzene rings is 1. The zero-order chi connectivity index (χ0) is 14.7. The molecule has 0 spiro atoms. The minimum atomic E-state index is -0.895. The summed E-state index contributed by atoms with van der Waals surface area (Å²) >= 11 is 0. The van der Waals surface area contributed by atoms with Crippen molar-refractivity contribution in [2.75, 3.05) is 0 Å². The summed E-state index contributed by atoms with van der Waals surface area (Å²) in [5.41, 5.74) is 5.40. The summed E-state index contributed by atoms with van der Waals surface area (Å²) in [5, 5.41) is 39.6. The van der Waals surface area contributed by atoms with E-state index in [0.717, 1.165) is 12.1 Å². The Morgan fingerprint density at radius 2 is 2.00 bits per heavy atom. The smallest absolute Gasteiger partial charge is 0.314 e. The summed E-state index contributed by atoms with van der Waals surface area (Å²) < 4.78 is 0. The normalized spacial score (nSPS) is 15.8. The molecule has 0 aromatic heterocycles. The quantitative estimate of drug-likeness (QED) is 0.363.